The molecule has 3 nitrogen and oxygen atoms in total. The van der Waals surface area contributed by atoms with Crippen LogP contribution in [0.2, 0.25) is 0 Å². The minimum Gasteiger partial charge on any atom is -0.466 e. The largest absolute Gasteiger partial charge is 0.466 e. The number of carbonyl (C=O) groups excluding carboxylic acids is 1. The molecule has 3 heteroatoms. The van der Waals surface area contributed by atoms with Crippen LogP contribution < -0.4 is 0 Å². The minimum atomic E-state index is -0.315. The lowest BCUT2D eigenvalue weighted by molar-refractivity contribution is -0.126. The number of hydrogen-bond donors (Lipinski definition) is 0. The van der Waals surface area contributed by atoms with Crippen molar-refractivity contribution in [2.75, 3.05) is 0 Å². The lowest BCUT2D eigenvalue weighted by Crippen LogP contribution is -2.36. The van der Waals surface area contributed by atoms with Crippen molar-refractivity contribution in [2.45, 2.75) is 52.9 Å². The number of Topliss-reactive ketones (excluding diaryl/α,β-unsaturated/α-hetero) is 1. The van der Waals surface area contributed by atoms with Gasteiger partial charge in [-0.05, 0) is 13.3 Å². The van der Waals surface area contributed by atoms with E-state index in [1.54, 1.807) is 0 Å². The Bertz CT molecular complexity index is 328. The quantitative estimate of drug-likeness (QED) is 0.666. The molecule has 1 aliphatic heterocycles. The highest BCUT2D eigenvalue weighted by molar-refractivity contribution is 6.00. The first kappa shape index (κ1) is 10.7. The normalized spacial score (nSPS) is 34.0. The predicted molar refractivity (Wildman–Crippen MR) is 56.1 cm³/mol. The topological polar surface area (TPSA) is 35.5 Å². The number of fused-ring (bicyclic) bond motifs is 1. The second kappa shape index (κ2) is 3.34. The zero-order valence-electron chi connectivity index (χ0n) is 9.79. The van der Waals surface area contributed by atoms with Crippen LogP contribution in [-0.2, 0) is 14.3 Å². The number of carbonyl (C=O) groups is 1. The van der Waals surface area contributed by atoms with E-state index in [0.29, 0.717) is 0 Å². The van der Waals surface area contributed by atoms with Gasteiger partial charge < -0.3 is 9.47 Å². The Morgan fingerprint density at radius 3 is 2.73 bits per heavy atom. The smallest absolute Gasteiger partial charge is 0.200 e. The van der Waals surface area contributed by atoms with Crippen LogP contribution in [0.5, 0.6) is 0 Å². The summed E-state index contributed by atoms with van der Waals surface area (Å²) >= 11 is 0. The van der Waals surface area contributed by atoms with E-state index in [-0.39, 0.29) is 23.6 Å². The Morgan fingerprint density at radius 2 is 2.13 bits per heavy atom. The van der Waals surface area contributed by atoms with E-state index in [2.05, 4.69) is 0 Å². The second-order valence-electron chi connectivity index (χ2n) is 4.99. The van der Waals surface area contributed by atoms with Crippen LogP contribution in [0, 0.1) is 5.41 Å². The van der Waals surface area contributed by atoms with Gasteiger partial charge in [0.1, 0.15) is 11.9 Å². The maximum absolute atomic E-state index is 12.0. The first-order chi connectivity index (χ1) is 6.95. The van der Waals surface area contributed by atoms with Crippen molar-refractivity contribution < 1.29 is 14.3 Å². The van der Waals surface area contributed by atoms with Crippen molar-refractivity contribution in [1.82, 2.24) is 0 Å². The molecule has 1 heterocycles. The van der Waals surface area contributed by atoms with Gasteiger partial charge in [-0.15, -0.1) is 0 Å². The summed E-state index contributed by atoms with van der Waals surface area (Å²) in [5.74, 6) is 0.959. The minimum absolute atomic E-state index is 0.0114. The zero-order chi connectivity index (χ0) is 11.2. The highest BCUT2D eigenvalue weighted by atomic mass is 16.7. The Morgan fingerprint density at radius 1 is 1.47 bits per heavy atom. The van der Waals surface area contributed by atoms with Gasteiger partial charge in [0.2, 0.25) is 0 Å². The van der Waals surface area contributed by atoms with E-state index in [9.17, 15) is 4.79 Å². The standard InChI is InChI=1S/C12H18O3/c1-5-9-14-8-6-12(3,4)11(13)7(2)10(8)15-9/h8-9H,5-6H2,1-4H3/t8-,9-/m0/s1. The molecule has 0 aromatic rings. The summed E-state index contributed by atoms with van der Waals surface area (Å²) in [6, 6.07) is 0. The van der Waals surface area contributed by atoms with Crippen LogP contribution in [0.25, 0.3) is 0 Å². The number of rotatable bonds is 1. The van der Waals surface area contributed by atoms with E-state index < -0.39 is 0 Å². The molecule has 0 aromatic carbocycles. The summed E-state index contributed by atoms with van der Waals surface area (Å²) in [6.07, 6.45) is 1.38. The van der Waals surface area contributed by atoms with Crippen molar-refractivity contribution in [2.24, 2.45) is 5.41 Å². The second-order valence-corrected chi connectivity index (χ2v) is 4.99. The molecule has 1 fully saturated rings. The maximum atomic E-state index is 12.0. The predicted octanol–water partition coefficient (Wildman–Crippen LogP) is 2.41. The van der Waals surface area contributed by atoms with Crippen LogP contribution >= 0.6 is 0 Å². The molecule has 2 aliphatic rings. The van der Waals surface area contributed by atoms with Gasteiger partial charge in [-0.2, -0.15) is 0 Å². The number of allylic oxidation sites excluding steroid dienone is 1. The third-order valence-corrected chi connectivity index (χ3v) is 3.22. The molecule has 15 heavy (non-hydrogen) atoms. The van der Waals surface area contributed by atoms with Crippen LogP contribution in [0.3, 0.4) is 0 Å². The molecule has 2 rings (SSSR count). The Hall–Kier alpha value is -0.830. The van der Waals surface area contributed by atoms with Crippen molar-refractivity contribution in [1.29, 1.82) is 0 Å². The third kappa shape index (κ3) is 1.59. The van der Waals surface area contributed by atoms with Crippen molar-refractivity contribution in [3.8, 4) is 0 Å². The van der Waals surface area contributed by atoms with Gasteiger partial charge >= 0.3 is 0 Å². The van der Waals surface area contributed by atoms with Crippen LogP contribution in [-0.4, -0.2) is 18.2 Å². The lowest BCUT2D eigenvalue weighted by atomic mass is 9.74. The van der Waals surface area contributed by atoms with E-state index in [1.165, 1.54) is 0 Å². The molecule has 0 bridgehead atoms. The van der Waals surface area contributed by atoms with Gasteiger partial charge in [-0.3, -0.25) is 4.79 Å². The van der Waals surface area contributed by atoms with Gasteiger partial charge in [0.25, 0.3) is 0 Å². The molecule has 1 aliphatic carbocycles. The zero-order valence-corrected chi connectivity index (χ0v) is 9.79. The van der Waals surface area contributed by atoms with Gasteiger partial charge in [0, 0.05) is 17.4 Å². The average Bonchev–Trinajstić information content (AvgIpc) is 2.57. The van der Waals surface area contributed by atoms with E-state index in [0.717, 1.165) is 24.2 Å². The number of hydrogen-bond acceptors (Lipinski definition) is 3. The average molecular weight is 210 g/mol. The van der Waals surface area contributed by atoms with Gasteiger partial charge in [-0.25, -0.2) is 0 Å². The molecule has 0 unspecified atom stereocenters. The summed E-state index contributed by atoms with van der Waals surface area (Å²) in [7, 11) is 0. The molecular formula is C12H18O3. The molecule has 0 radical (unpaired) electrons. The Kier molecular flexibility index (Phi) is 2.38. The van der Waals surface area contributed by atoms with Crippen LogP contribution in [0.1, 0.15) is 40.5 Å². The van der Waals surface area contributed by atoms with Crippen LogP contribution in [0.4, 0.5) is 0 Å². The molecule has 0 N–H and O–H groups in total. The van der Waals surface area contributed by atoms with Crippen molar-refractivity contribution in [3.63, 3.8) is 0 Å². The fourth-order valence-electron chi connectivity index (χ4n) is 2.32. The van der Waals surface area contributed by atoms with E-state index in [4.69, 9.17) is 9.47 Å². The summed E-state index contributed by atoms with van der Waals surface area (Å²) < 4.78 is 11.4. The molecule has 0 saturated carbocycles. The molecule has 0 spiro atoms. The summed E-state index contributed by atoms with van der Waals surface area (Å²) in [6.45, 7) is 7.80. The molecule has 0 aromatic heterocycles. The number of ether oxygens (including phenoxy) is 2. The monoisotopic (exact) mass is 210 g/mol. The Balaban J connectivity index is 2.33. The molecular weight excluding hydrogens is 192 g/mol. The van der Waals surface area contributed by atoms with Crippen molar-refractivity contribution >= 4 is 5.78 Å². The fraction of sp³-hybridized carbons (Fsp3) is 0.750. The van der Waals surface area contributed by atoms with Gasteiger partial charge in [0.05, 0.1) is 0 Å². The van der Waals surface area contributed by atoms with Crippen LogP contribution in [0.15, 0.2) is 11.3 Å². The van der Waals surface area contributed by atoms with E-state index in [1.807, 2.05) is 27.7 Å². The highest BCUT2D eigenvalue weighted by Gasteiger charge is 2.45. The molecule has 1 saturated heterocycles. The number of ketones is 1. The maximum Gasteiger partial charge on any atom is 0.200 e. The fourth-order valence-corrected chi connectivity index (χ4v) is 2.32. The van der Waals surface area contributed by atoms with Gasteiger partial charge in [-0.1, -0.05) is 20.8 Å². The molecule has 0 amide bonds. The van der Waals surface area contributed by atoms with E-state index >= 15 is 0 Å². The summed E-state index contributed by atoms with van der Waals surface area (Å²) in [5, 5.41) is 0. The van der Waals surface area contributed by atoms with Crippen molar-refractivity contribution in [3.05, 3.63) is 11.3 Å². The summed E-state index contributed by atoms with van der Waals surface area (Å²) in [5.41, 5.74) is 0.428. The first-order valence-corrected chi connectivity index (χ1v) is 5.53. The Labute approximate surface area is 90.4 Å². The third-order valence-electron chi connectivity index (χ3n) is 3.22. The first-order valence-electron chi connectivity index (χ1n) is 5.53. The SMILES string of the molecule is CC[C@@H]1OC2=C(C)C(=O)C(C)(C)C[C@@H]2O1. The molecule has 2 atom stereocenters. The summed E-state index contributed by atoms with van der Waals surface area (Å²) in [4.78, 5) is 12.0. The lowest BCUT2D eigenvalue weighted by Gasteiger charge is -2.30. The highest BCUT2D eigenvalue weighted by Crippen LogP contribution is 2.42. The molecule has 84 valence electrons. The van der Waals surface area contributed by atoms with Gasteiger partial charge in [0.15, 0.2) is 12.1 Å².